The first-order valence-corrected chi connectivity index (χ1v) is 8.64. The molecule has 1 N–H and O–H groups in total. The van der Waals surface area contributed by atoms with Gasteiger partial charge in [0, 0.05) is 6.08 Å². The van der Waals surface area contributed by atoms with Gasteiger partial charge >= 0.3 is 5.97 Å². The largest absolute Gasteiger partial charge is 0.507 e. The van der Waals surface area contributed by atoms with Crippen molar-refractivity contribution in [1.82, 2.24) is 0 Å². The molecule has 2 atom stereocenters. The first-order valence-electron chi connectivity index (χ1n) is 8.64. The molecule has 2 aliphatic carbocycles. The predicted octanol–water partition coefficient (Wildman–Crippen LogP) is 4.61. The highest BCUT2D eigenvalue weighted by atomic mass is 16.5. The Balaban J connectivity index is 1.97. The summed E-state index contributed by atoms with van der Waals surface area (Å²) in [6, 6.07) is 4.06. The van der Waals surface area contributed by atoms with E-state index in [9.17, 15) is 9.90 Å². The maximum absolute atomic E-state index is 11.4. The molecule has 2 fully saturated rings. The van der Waals surface area contributed by atoms with E-state index < -0.39 is 0 Å². The van der Waals surface area contributed by atoms with Gasteiger partial charge in [-0.3, -0.25) is 0 Å². The number of ether oxygens (including phenoxy) is 1. The molecule has 1 aromatic rings. The number of phenolic OH excluding ortho intramolecular Hbond substituents is 1. The van der Waals surface area contributed by atoms with Gasteiger partial charge in [-0.05, 0) is 84.3 Å². The average Bonchev–Trinajstić information content (AvgIpc) is 3.42. The zero-order valence-corrected chi connectivity index (χ0v) is 14.2. The highest BCUT2D eigenvalue weighted by molar-refractivity contribution is 5.87. The smallest absolute Gasteiger partial charge is 0.330 e. The van der Waals surface area contributed by atoms with Crippen LogP contribution in [0.15, 0.2) is 18.2 Å². The van der Waals surface area contributed by atoms with Crippen molar-refractivity contribution in [1.29, 1.82) is 0 Å². The minimum Gasteiger partial charge on any atom is -0.507 e. The van der Waals surface area contributed by atoms with Crippen LogP contribution in [-0.4, -0.2) is 18.2 Å². The molecule has 2 unspecified atom stereocenters. The molecule has 2 aliphatic rings. The molecule has 0 aromatic heterocycles. The quantitative estimate of drug-likeness (QED) is 0.616. The van der Waals surface area contributed by atoms with Crippen LogP contribution in [0.2, 0.25) is 0 Å². The number of carbonyl (C=O) groups is 1. The van der Waals surface area contributed by atoms with Gasteiger partial charge in [0.05, 0.1) is 7.11 Å². The summed E-state index contributed by atoms with van der Waals surface area (Å²) in [5, 5.41) is 10.8. The summed E-state index contributed by atoms with van der Waals surface area (Å²) >= 11 is 0. The zero-order chi connectivity index (χ0) is 16.6. The van der Waals surface area contributed by atoms with Gasteiger partial charge < -0.3 is 9.84 Å². The van der Waals surface area contributed by atoms with E-state index in [0.29, 0.717) is 29.4 Å². The molecule has 0 aliphatic heterocycles. The second-order valence-corrected chi connectivity index (χ2v) is 7.16. The minimum absolute atomic E-state index is 0.355. The lowest BCUT2D eigenvalue weighted by Gasteiger charge is -2.20. The highest BCUT2D eigenvalue weighted by Gasteiger charge is 2.34. The summed E-state index contributed by atoms with van der Waals surface area (Å²) in [5.41, 5.74) is 3.03. The van der Waals surface area contributed by atoms with Crippen molar-refractivity contribution in [3.8, 4) is 5.75 Å². The summed E-state index contributed by atoms with van der Waals surface area (Å²) in [4.78, 5) is 11.4. The van der Waals surface area contributed by atoms with Crippen molar-refractivity contribution < 1.29 is 14.6 Å². The van der Waals surface area contributed by atoms with Gasteiger partial charge in [-0.15, -0.1) is 0 Å². The van der Waals surface area contributed by atoms with Crippen molar-refractivity contribution in [2.75, 3.05) is 7.11 Å². The number of carbonyl (C=O) groups excluding carboxylic acids is 1. The molecule has 3 heteroatoms. The van der Waals surface area contributed by atoms with Crippen LogP contribution in [-0.2, 0) is 9.53 Å². The monoisotopic (exact) mass is 314 g/mol. The van der Waals surface area contributed by atoms with Gasteiger partial charge in [0.25, 0.3) is 0 Å². The first kappa shape index (κ1) is 16.1. The lowest BCUT2D eigenvalue weighted by Crippen LogP contribution is -2.03. The number of esters is 1. The number of hydrogen-bond acceptors (Lipinski definition) is 3. The number of phenols is 1. The molecular formula is C20H26O3. The van der Waals surface area contributed by atoms with E-state index in [1.54, 1.807) is 6.08 Å². The average molecular weight is 314 g/mol. The second-order valence-electron chi connectivity index (χ2n) is 7.16. The molecule has 3 rings (SSSR count). The number of methoxy groups -OCH3 is 1. The van der Waals surface area contributed by atoms with Crippen LogP contribution in [0.25, 0.3) is 6.08 Å². The normalized spacial score (nSPS) is 20.5. The van der Waals surface area contributed by atoms with Gasteiger partial charge in [0.15, 0.2) is 0 Å². The lowest BCUT2D eigenvalue weighted by molar-refractivity contribution is -0.134. The van der Waals surface area contributed by atoms with E-state index in [4.69, 9.17) is 0 Å². The SMILES string of the molecule is COC(=O)C=Cc1cc(C(C)C2CC2)c(O)c(C(C)C2CC2)c1. The molecule has 0 amide bonds. The third-order valence-electron chi connectivity index (χ3n) is 5.44. The molecule has 1 aromatic carbocycles. The summed E-state index contributed by atoms with van der Waals surface area (Å²) in [5.74, 6) is 2.22. The lowest BCUT2D eigenvalue weighted by atomic mass is 9.86. The van der Waals surface area contributed by atoms with Gasteiger partial charge in [-0.25, -0.2) is 4.79 Å². The number of hydrogen-bond donors (Lipinski definition) is 1. The van der Waals surface area contributed by atoms with Gasteiger partial charge in [0.2, 0.25) is 0 Å². The Labute approximate surface area is 138 Å². The molecule has 2 saturated carbocycles. The van der Waals surface area contributed by atoms with E-state index in [0.717, 1.165) is 16.7 Å². The standard InChI is InChI=1S/C20H26O3/c1-12(15-5-6-15)17-10-14(4-9-19(21)23-3)11-18(20(17)22)13(2)16-7-8-16/h4,9-13,15-16,22H,5-8H2,1-3H3. The van der Waals surface area contributed by atoms with Crippen molar-refractivity contribution in [2.24, 2.45) is 11.8 Å². The van der Waals surface area contributed by atoms with Crippen LogP contribution in [0.1, 0.15) is 68.1 Å². The summed E-state index contributed by atoms with van der Waals surface area (Å²) in [6.45, 7) is 4.40. The minimum atomic E-state index is -0.355. The van der Waals surface area contributed by atoms with Gasteiger partial charge in [-0.1, -0.05) is 13.8 Å². The van der Waals surface area contributed by atoms with Crippen molar-refractivity contribution in [3.05, 3.63) is 34.9 Å². The molecule has 0 radical (unpaired) electrons. The topological polar surface area (TPSA) is 46.5 Å². The molecule has 124 valence electrons. The molecule has 0 heterocycles. The van der Waals surface area contributed by atoms with Crippen LogP contribution in [0.4, 0.5) is 0 Å². The van der Waals surface area contributed by atoms with E-state index in [1.807, 2.05) is 12.1 Å². The molecular weight excluding hydrogens is 288 g/mol. The molecule has 0 saturated heterocycles. The van der Waals surface area contributed by atoms with Crippen LogP contribution < -0.4 is 0 Å². The molecule has 0 bridgehead atoms. The zero-order valence-electron chi connectivity index (χ0n) is 14.2. The summed E-state index contributed by atoms with van der Waals surface area (Å²) in [7, 11) is 1.38. The van der Waals surface area contributed by atoms with Crippen molar-refractivity contribution in [3.63, 3.8) is 0 Å². The maximum Gasteiger partial charge on any atom is 0.330 e. The number of benzene rings is 1. The van der Waals surface area contributed by atoms with E-state index in [1.165, 1.54) is 38.9 Å². The van der Waals surface area contributed by atoms with E-state index >= 15 is 0 Å². The Morgan fingerprint density at radius 1 is 1.13 bits per heavy atom. The second kappa shape index (κ2) is 6.38. The Hall–Kier alpha value is -1.77. The Kier molecular flexibility index (Phi) is 4.47. The Bertz CT molecular complexity index is 585. The van der Waals surface area contributed by atoms with Crippen molar-refractivity contribution in [2.45, 2.75) is 51.4 Å². The fourth-order valence-electron chi connectivity index (χ4n) is 3.43. The summed E-state index contributed by atoms with van der Waals surface area (Å²) < 4.78 is 4.67. The van der Waals surface area contributed by atoms with Gasteiger partial charge in [-0.2, -0.15) is 0 Å². The first-order chi connectivity index (χ1) is 11.0. The van der Waals surface area contributed by atoms with Crippen molar-refractivity contribution >= 4 is 12.0 Å². The van der Waals surface area contributed by atoms with E-state index in [-0.39, 0.29) is 5.97 Å². The molecule has 3 nitrogen and oxygen atoms in total. The number of aromatic hydroxyl groups is 1. The third kappa shape index (κ3) is 3.60. The molecule has 23 heavy (non-hydrogen) atoms. The summed E-state index contributed by atoms with van der Waals surface area (Å²) in [6.07, 6.45) is 8.22. The highest BCUT2D eigenvalue weighted by Crippen LogP contribution is 2.50. The van der Waals surface area contributed by atoms with Gasteiger partial charge in [0.1, 0.15) is 5.75 Å². The predicted molar refractivity (Wildman–Crippen MR) is 91.4 cm³/mol. The Morgan fingerprint density at radius 2 is 1.61 bits per heavy atom. The maximum atomic E-state index is 11.4. The fraction of sp³-hybridized carbons (Fsp3) is 0.550. The molecule has 0 spiro atoms. The van der Waals surface area contributed by atoms with Crippen LogP contribution in [0.5, 0.6) is 5.75 Å². The van der Waals surface area contributed by atoms with E-state index in [2.05, 4.69) is 18.6 Å². The van der Waals surface area contributed by atoms with Crippen LogP contribution in [0.3, 0.4) is 0 Å². The fourth-order valence-corrected chi connectivity index (χ4v) is 3.43. The van der Waals surface area contributed by atoms with Crippen LogP contribution >= 0.6 is 0 Å². The number of rotatable bonds is 6. The third-order valence-corrected chi connectivity index (χ3v) is 5.44. The van der Waals surface area contributed by atoms with Crippen LogP contribution in [0, 0.1) is 11.8 Å². The Morgan fingerprint density at radius 3 is 2.00 bits per heavy atom.